The molecular formula is C35H26N2O6. The van der Waals surface area contributed by atoms with Gasteiger partial charge >= 0.3 is 5.97 Å². The summed E-state index contributed by atoms with van der Waals surface area (Å²) in [4.78, 5) is 66.6. The van der Waals surface area contributed by atoms with Crippen LogP contribution >= 0.6 is 0 Å². The van der Waals surface area contributed by atoms with Crippen LogP contribution in [-0.2, 0) is 19.1 Å². The van der Waals surface area contributed by atoms with Crippen molar-refractivity contribution in [3.05, 3.63) is 130 Å². The molecule has 8 rings (SSSR count). The van der Waals surface area contributed by atoms with Gasteiger partial charge in [0, 0.05) is 23.1 Å². The number of carbonyl (C=O) groups excluding carboxylic acids is 5. The van der Waals surface area contributed by atoms with Crippen molar-refractivity contribution in [2.75, 3.05) is 16.8 Å². The molecule has 2 bridgehead atoms. The van der Waals surface area contributed by atoms with Gasteiger partial charge in [0.05, 0.1) is 23.1 Å². The molecular weight excluding hydrogens is 544 g/mol. The number of nitrogens with zero attached hydrogens (tertiary/aromatic N) is 1. The van der Waals surface area contributed by atoms with Crippen LogP contribution in [0.3, 0.4) is 0 Å². The molecule has 0 aromatic heterocycles. The van der Waals surface area contributed by atoms with Gasteiger partial charge in [-0.3, -0.25) is 19.2 Å². The van der Waals surface area contributed by atoms with Gasteiger partial charge in [0.15, 0.2) is 12.4 Å². The highest BCUT2D eigenvalue weighted by Crippen LogP contribution is 2.61. The van der Waals surface area contributed by atoms with Crippen LogP contribution in [0.15, 0.2) is 97.1 Å². The second kappa shape index (κ2) is 10.2. The Morgan fingerprint density at radius 2 is 1.19 bits per heavy atom. The van der Waals surface area contributed by atoms with Gasteiger partial charge in [-0.25, -0.2) is 9.69 Å². The molecule has 2 atom stereocenters. The molecule has 1 heterocycles. The number of nitrogens with one attached hydrogen (secondary N) is 1. The molecule has 0 unspecified atom stereocenters. The second-order valence-electron chi connectivity index (χ2n) is 11.1. The van der Waals surface area contributed by atoms with Gasteiger partial charge in [0.2, 0.25) is 11.8 Å². The zero-order valence-electron chi connectivity index (χ0n) is 23.2. The number of imide groups is 1. The molecule has 0 saturated carbocycles. The van der Waals surface area contributed by atoms with Gasteiger partial charge in [-0.05, 0) is 65.6 Å². The standard InChI is InChI=1S/C35H26N2O6/c1-19(38)20-14-16-21(17-15-20)36-28(39)18-43-35(42)26-12-6-7-13-27(26)37-33(40)31-29-22-8-2-3-9-23(22)30(32(31)34(37)41)25-11-5-4-10-24(25)29/h2-17,29-32H,18H2,1H3,(H,36,39)/t29?,30?,31-,32-/m1/s1. The fourth-order valence-corrected chi connectivity index (χ4v) is 6.95. The topological polar surface area (TPSA) is 110 Å². The molecule has 4 aromatic carbocycles. The Bertz CT molecular complexity index is 1730. The molecule has 0 spiro atoms. The Labute approximate surface area is 247 Å². The summed E-state index contributed by atoms with van der Waals surface area (Å²) in [6, 6.07) is 28.6. The van der Waals surface area contributed by atoms with Crippen molar-refractivity contribution in [2.24, 2.45) is 11.8 Å². The van der Waals surface area contributed by atoms with Crippen molar-refractivity contribution in [2.45, 2.75) is 18.8 Å². The number of ether oxygens (including phenoxy) is 1. The number of anilines is 2. The Hall–Kier alpha value is -5.37. The molecule has 3 amide bonds. The van der Waals surface area contributed by atoms with Crippen LogP contribution in [0.25, 0.3) is 0 Å². The lowest BCUT2D eigenvalue weighted by Crippen LogP contribution is -2.41. The summed E-state index contributed by atoms with van der Waals surface area (Å²) in [5.74, 6) is -3.91. The summed E-state index contributed by atoms with van der Waals surface area (Å²) < 4.78 is 5.32. The van der Waals surface area contributed by atoms with E-state index in [1.165, 1.54) is 13.0 Å². The van der Waals surface area contributed by atoms with Crippen LogP contribution in [0, 0.1) is 11.8 Å². The maximum Gasteiger partial charge on any atom is 0.340 e. The average molecular weight is 571 g/mol. The molecule has 212 valence electrons. The maximum absolute atomic E-state index is 14.1. The first-order valence-corrected chi connectivity index (χ1v) is 14.1. The Morgan fingerprint density at radius 3 is 1.70 bits per heavy atom. The number of para-hydroxylation sites is 1. The fourth-order valence-electron chi connectivity index (χ4n) is 6.95. The van der Waals surface area contributed by atoms with Crippen molar-refractivity contribution in [3.8, 4) is 0 Å². The van der Waals surface area contributed by atoms with E-state index in [-0.39, 0.29) is 40.7 Å². The van der Waals surface area contributed by atoms with Crippen molar-refractivity contribution < 1.29 is 28.7 Å². The fraction of sp³-hybridized carbons (Fsp3) is 0.171. The summed E-state index contributed by atoms with van der Waals surface area (Å²) >= 11 is 0. The predicted molar refractivity (Wildman–Crippen MR) is 158 cm³/mol. The number of carbonyl (C=O) groups is 5. The smallest absolute Gasteiger partial charge is 0.340 e. The molecule has 1 saturated heterocycles. The minimum Gasteiger partial charge on any atom is -0.452 e. The van der Waals surface area contributed by atoms with E-state index in [0.29, 0.717) is 11.3 Å². The average Bonchev–Trinajstić information content (AvgIpc) is 3.30. The van der Waals surface area contributed by atoms with Crippen molar-refractivity contribution in [1.29, 1.82) is 0 Å². The molecule has 3 aliphatic carbocycles. The van der Waals surface area contributed by atoms with Crippen LogP contribution in [0.2, 0.25) is 0 Å². The molecule has 4 aromatic rings. The summed E-state index contributed by atoms with van der Waals surface area (Å²) in [7, 11) is 0. The lowest BCUT2D eigenvalue weighted by Gasteiger charge is -2.45. The third kappa shape index (κ3) is 4.17. The van der Waals surface area contributed by atoms with E-state index in [2.05, 4.69) is 5.32 Å². The zero-order chi connectivity index (χ0) is 29.8. The van der Waals surface area contributed by atoms with E-state index in [0.717, 1.165) is 27.2 Å². The summed E-state index contributed by atoms with van der Waals surface area (Å²) in [6.07, 6.45) is 0. The van der Waals surface area contributed by atoms with Gasteiger partial charge in [-0.2, -0.15) is 0 Å². The first kappa shape index (κ1) is 26.5. The second-order valence-corrected chi connectivity index (χ2v) is 11.1. The number of rotatable bonds is 6. The summed E-state index contributed by atoms with van der Waals surface area (Å²) in [6.45, 7) is 0.869. The molecule has 43 heavy (non-hydrogen) atoms. The largest absolute Gasteiger partial charge is 0.452 e. The lowest BCUT2D eigenvalue weighted by molar-refractivity contribution is -0.122. The number of esters is 1. The summed E-state index contributed by atoms with van der Waals surface area (Å²) in [5.41, 5.74) is 5.35. The number of Topliss-reactive ketones (excluding diaryl/α,β-unsaturated/α-hetero) is 1. The predicted octanol–water partition coefficient (Wildman–Crippen LogP) is 5.08. The molecule has 1 N–H and O–H groups in total. The monoisotopic (exact) mass is 570 g/mol. The first-order valence-electron chi connectivity index (χ1n) is 14.1. The quantitative estimate of drug-likeness (QED) is 0.197. The SMILES string of the molecule is CC(=O)c1ccc(NC(=O)COC(=O)c2ccccc2N2C(=O)[C@@H]3C4c5ccccc5C(c5ccccc54)[C@H]3C2=O)cc1. The molecule has 8 heteroatoms. The normalized spacial score (nSPS) is 21.1. The first-order chi connectivity index (χ1) is 20.8. The molecule has 8 nitrogen and oxygen atoms in total. The van der Waals surface area contributed by atoms with E-state index >= 15 is 0 Å². The lowest BCUT2D eigenvalue weighted by atomic mass is 9.55. The third-order valence-electron chi connectivity index (χ3n) is 8.72. The van der Waals surface area contributed by atoms with E-state index in [1.807, 2.05) is 48.5 Å². The highest BCUT2D eigenvalue weighted by molar-refractivity contribution is 6.25. The minimum absolute atomic E-state index is 0.0174. The van der Waals surface area contributed by atoms with Crippen LogP contribution < -0.4 is 10.2 Å². The van der Waals surface area contributed by atoms with Crippen LogP contribution in [0.1, 0.15) is 61.7 Å². The van der Waals surface area contributed by atoms with E-state index in [1.54, 1.807) is 42.5 Å². The van der Waals surface area contributed by atoms with Gasteiger partial charge in [0.25, 0.3) is 5.91 Å². The third-order valence-corrected chi connectivity index (χ3v) is 8.72. The number of ketones is 1. The van der Waals surface area contributed by atoms with Gasteiger partial charge in [-0.15, -0.1) is 0 Å². The molecule has 0 radical (unpaired) electrons. The maximum atomic E-state index is 14.1. The number of hydrogen-bond acceptors (Lipinski definition) is 6. The highest BCUT2D eigenvalue weighted by Gasteiger charge is 2.62. The Balaban J connectivity index is 1.14. The number of benzene rings is 4. The summed E-state index contributed by atoms with van der Waals surface area (Å²) in [5, 5.41) is 2.62. The molecule has 4 aliphatic rings. The van der Waals surface area contributed by atoms with E-state index < -0.39 is 30.3 Å². The van der Waals surface area contributed by atoms with Crippen LogP contribution in [-0.4, -0.2) is 36.1 Å². The van der Waals surface area contributed by atoms with E-state index in [4.69, 9.17) is 4.74 Å². The van der Waals surface area contributed by atoms with Crippen LogP contribution in [0.4, 0.5) is 11.4 Å². The molecule has 1 fully saturated rings. The number of amides is 3. The van der Waals surface area contributed by atoms with Crippen molar-refractivity contribution >= 4 is 40.8 Å². The Morgan fingerprint density at radius 1 is 0.698 bits per heavy atom. The number of hydrogen-bond donors (Lipinski definition) is 1. The van der Waals surface area contributed by atoms with Gasteiger partial charge in [-0.1, -0.05) is 60.7 Å². The minimum atomic E-state index is -0.831. The van der Waals surface area contributed by atoms with Crippen molar-refractivity contribution in [1.82, 2.24) is 0 Å². The van der Waals surface area contributed by atoms with Crippen molar-refractivity contribution in [3.63, 3.8) is 0 Å². The van der Waals surface area contributed by atoms with Crippen LogP contribution in [0.5, 0.6) is 0 Å². The highest BCUT2D eigenvalue weighted by atomic mass is 16.5. The van der Waals surface area contributed by atoms with E-state index in [9.17, 15) is 24.0 Å². The zero-order valence-corrected chi connectivity index (χ0v) is 23.2. The molecule has 1 aliphatic heterocycles. The van der Waals surface area contributed by atoms with Gasteiger partial charge < -0.3 is 10.1 Å². The Kier molecular flexibility index (Phi) is 6.27. The van der Waals surface area contributed by atoms with Gasteiger partial charge in [0.1, 0.15) is 0 Å².